The molecule has 1 unspecified atom stereocenters. The number of carbonyl (C=O) groups excluding carboxylic acids is 2. The van der Waals surface area contributed by atoms with E-state index < -0.39 is 5.25 Å². The molecule has 0 aliphatic carbocycles. The normalized spacial score (nSPS) is 12.9. The lowest BCUT2D eigenvalue weighted by Crippen LogP contribution is -2.23. The van der Waals surface area contributed by atoms with Crippen molar-refractivity contribution in [3.05, 3.63) is 78.4 Å². The molecule has 0 radical (unpaired) electrons. The number of ether oxygens (including phenoxy) is 2. The van der Waals surface area contributed by atoms with Crippen molar-refractivity contribution in [3.8, 4) is 28.6 Å². The third-order valence-electron chi connectivity index (χ3n) is 5.49. The third kappa shape index (κ3) is 4.76. The summed E-state index contributed by atoms with van der Waals surface area (Å²) >= 11 is 1.31. The van der Waals surface area contributed by atoms with Gasteiger partial charge in [-0.2, -0.15) is 0 Å². The van der Waals surface area contributed by atoms with Gasteiger partial charge in [0.05, 0.1) is 5.25 Å². The fraction of sp³-hybridized carbons (Fsp3) is 0.154. The van der Waals surface area contributed by atoms with Gasteiger partial charge in [-0.05, 0) is 68.4 Å². The highest BCUT2D eigenvalue weighted by Crippen LogP contribution is 2.37. The quantitative estimate of drug-likeness (QED) is 0.291. The highest BCUT2D eigenvalue weighted by Gasteiger charge is 2.23. The van der Waals surface area contributed by atoms with Gasteiger partial charge in [-0.3, -0.25) is 14.2 Å². The zero-order valence-electron chi connectivity index (χ0n) is 19.1. The summed E-state index contributed by atoms with van der Waals surface area (Å²) in [7, 11) is 0. The Morgan fingerprint density at radius 1 is 0.971 bits per heavy atom. The lowest BCUT2D eigenvalue weighted by Gasteiger charge is -2.14. The summed E-state index contributed by atoms with van der Waals surface area (Å²) in [5.41, 5.74) is 2.91. The molecule has 4 aromatic rings. The topological polar surface area (TPSA) is 95.3 Å². The highest BCUT2D eigenvalue weighted by atomic mass is 32.2. The third-order valence-corrected chi connectivity index (χ3v) is 6.53. The lowest BCUT2D eigenvalue weighted by atomic mass is 10.1. The molecule has 5 rings (SSSR count). The van der Waals surface area contributed by atoms with E-state index in [1.54, 1.807) is 24.3 Å². The first kappa shape index (κ1) is 22.7. The molecule has 1 atom stereocenters. The molecule has 0 bridgehead atoms. The van der Waals surface area contributed by atoms with Gasteiger partial charge < -0.3 is 14.8 Å². The summed E-state index contributed by atoms with van der Waals surface area (Å²) in [6, 6.07) is 22.2. The predicted octanol–water partition coefficient (Wildman–Crippen LogP) is 4.98. The number of aromatic nitrogens is 3. The van der Waals surface area contributed by atoms with E-state index in [0.29, 0.717) is 33.7 Å². The molecule has 1 N–H and O–H groups in total. The number of hydrogen-bond donors (Lipinski definition) is 1. The van der Waals surface area contributed by atoms with Crippen molar-refractivity contribution < 1.29 is 19.1 Å². The van der Waals surface area contributed by atoms with Crippen LogP contribution < -0.4 is 14.8 Å². The van der Waals surface area contributed by atoms with Gasteiger partial charge in [0.15, 0.2) is 28.3 Å². The van der Waals surface area contributed by atoms with Crippen molar-refractivity contribution in [2.45, 2.75) is 24.3 Å². The number of amides is 1. The van der Waals surface area contributed by atoms with Crippen LogP contribution in [0.25, 0.3) is 17.1 Å². The van der Waals surface area contributed by atoms with Crippen molar-refractivity contribution in [2.75, 3.05) is 12.1 Å². The van der Waals surface area contributed by atoms with Crippen molar-refractivity contribution in [3.63, 3.8) is 0 Å². The van der Waals surface area contributed by atoms with E-state index in [1.807, 2.05) is 60.0 Å². The number of rotatable bonds is 7. The standard InChI is InChI=1S/C26H22N4O4S/c1-16(31)18-8-11-20(12-9-18)27-25(32)17(2)35-26-29-28-24(30(26)21-6-4-3-5-7-21)19-10-13-22-23(14-19)34-15-33-22/h3-14,17H,15H2,1-2H3,(H,27,32). The van der Waals surface area contributed by atoms with Crippen LogP contribution in [0.1, 0.15) is 24.2 Å². The van der Waals surface area contributed by atoms with Crippen molar-refractivity contribution >= 4 is 29.1 Å². The maximum atomic E-state index is 12.9. The first-order chi connectivity index (χ1) is 17.0. The van der Waals surface area contributed by atoms with Gasteiger partial charge in [0.25, 0.3) is 0 Å². The number of Topliss-reactive ketones (excluding diaryl/α,β-unsaturated/α-hetero) is 1. The van der Waals surface area contributed by atoms with Gasteiger partial charge in [-0.1, -0.05) is 30.0 Å². The number of para-hydroxylation sites is 1. The summed E-state index contributed by atoms with van der Waals surface area (Å²) in [5.74, 6) is 1.77. The van der Waals surface area contributed by atoms with Gasteiger partial charge in [0.1, 0.15) is 0 Å². The van der Waals surface area contributed by atoms with Crippen LogP contribution in [0.2, 0.25) is 0 Å². The Morgan fingerprint density at radius 3 is 2.46 bits per heavy atom. The predicted molar refractivity (Wildman–Crippen MR) is 133 cm³/mol. The van der Waals surface area contributed by atoms with E-state index in [2.05, 4.69) is 15.5 Å². The number of carbonyl (C=O) groups is 2. The van der Waals surface area contributed by atoms with Crippen molar-refractivity contribution in [2.24, 2.45) is 0 Å². The zero-order valence-corrected chi connectivity index (χ0v) is 19.9. The van der Waals surface area contributed by atoms with E-state index in [4.69, 9.17) is 9.47 Å². The average molecular weight is 487 g/mol. The number of hydrogen-bond acceptors (Lipinski definition) is 7. The van der Waals surface area contributed by atoms with Gasteiger partial charge in [0.2, 0.25) is 12.7 Å². The summed E-state index contributed by atoms with van der Waals surface area (Å²) in [4.78, 5) is 24.4. The summed E-state index contributed by atoms with van der Waals surface area (Å²) < 4.78 is 12.9. The number of benzene rings is 3. The Hall–Kier alpha value is -4.11. The van der Waals surface area contributed by atoms with Gasteiger partial charge in [-0.15, -0.1) is 10.2 Å². The Bertz CT molecular complexity index is 1390. The fourth-order valence-electron chi connectivity index (χ4n) is 3.62. The second kappa shape index (κ2) is 9.63. The average Bonchev–Trinajstić information content (AvgIpc) is 3.51. The molecule has 1 aromatic heterocycles. The first-order valence-electron chi connectivity index (χ1n) is 11.0. The molecule has 3 aromatic carbocycles. The summed E-state index contributed by atoms with van der Waals surface area (Å²) in [6.45, 7) is 3.51. The Kier molecular flexibility index (Phi) is 6.24. The van der Waals surface area contributed by atoms with Crippen LogP contribution in [-0.2, 0) is 4.79 Å². The first-order valence-corrected chi connectivity index (χ1v) is 11.9. The van der Waals surface area contributed by atoms with E-state index in [1.165, 1.54) is 18.7 Å². The SMILES string of the molecule is CC(=O)c1ccc(NC(=O)C(C)Sc2nnc(-c3ccc4c(c3)OCO4)n2-c2ccccc2)cc1. The van der Waals surface area contributed by atoms with E-state index in [-0.39, 0.29) is 18.5 Å². The molecule has 35 heavy (non-hydrogen) atoms. The molecule has 8 nitrogen and oxygen atoms in total. The molecule has 0 fully saturated rings. The van der Waals surface area contributed by atoms with Gasteiger partial charge >= 0.3 is 0 Å². The Morgan fingerprint density at radius 2 is 1.71 bits per heavy atom. The molecular weight excluding hydrogens is 464 g/mol. The summed E-state index contributed by atoms with van der Waals surface area (Å²) in [5, 5.41) is 11.9. The van der Waals surface area contributed by atoms with Crippen LogP contribution >= 0.6 is 11.8 Å². The molecule has 2 heterocycles. The van der Waals surface area contributed by atoms with Crippen LogP contribution in [0.3, 0.4) is 0 Å². The number of fused-ring (bicyclic) bond motifs is 1. The van der Waals surface area contributed by atoms with E-state index in [0.717, 1.165) is 11.3 Å². The number of nitrogens with one attached hydrogen (secondary N) is 1. The Labute approximate surface area is 206 Å². The zero-order chi connectivity index (χ0) is 24.4. The molecule has 1 amide bonds. The monoisotopic (exact) mass is 486 g/mol. The highest BCUT2D eigenvalue weighted by molar-refractivity contribution is 8.00. The maximum Gasteiger partial charge on any atom is 0.237 e. The van der Waals surface area contributed by atoms with Crippen LogP contribution in [0.4, 0.5) is 5.69 Å². The van der Waals surface area contributed by atoms with Crippen molar-refractivity contribution in [1.82, 2.24) is 14.8 Å². The maximum absolute atomic E-state index is 12.9. The van der Waals surface area contributed by atoms with Crippen LogP contribution in [0.15, 0.2) is 78.0 Å². The number of ketones is 1. The van der Waals surface area contributed by atoms with Crippen molar-refractivity contribution in [1.29, 1.82) is 0 Å². The van der Waals surface area contributed by atoms with Gasteiger partial charge in [-0.25, -0.2) is 0 Å². The smallest absolute Gasteiger partial charge is 0.237 e. The fourth-order valence-corrected chi connectivity index (χ4v) is 4.49. The second-order valence-electron chi connectivity index (χ2n) is 7.93. The van der Waals surface area contributed by atoms with E-state index in [9.17, 15) is 9.59 Å². The number of nitrogens with zero attached hydrogens (tertiary/aromatic N) is 3. The molecule has 1 aliphatic rings. The minimum absolute atomic E-state index is 0.0229. The molecule has 1 aliphatic heterocycles. The van der Waals surface area contributed by atoms with E-state index >= 15 is 0 Å². The summed E-state index contributed by atoms with van der Waals surface area (Å²) in [6.07, 6.45) is 0. The second-order valence-corrected chi connectivity index (χ2v) is 9.24. The Balaban J connectivity index is 1.41. The van der Waals surface area contributed by atoms with Crippen LogP contribution in [0.5, 0.6) is 11.5 Å². The molecule has 0 saturated carbocycles. The van der Waals surface area contributed by atoms with Gasteiger partial charge in [0, 0.05) is 22.5 Å². The minimum Gasteiger partial charge on any atom is -0.454 e. The number of thioether (sulfide) groups is 1. The minimum atomic E-state index is -0.459. The lowest BCUT2D eigenvalue weighted by molar-refractivity contribution is -0.115. The number of anilines is 1. The molecule has 0 saturated heterocycles. The molecule has 176 valence electrons. The largest absolute Gasteiger partial charge is 0.454 e. The molecular formula is C26H22N4O4S. The van der Waals surface area contributed by atoms with Crippen LogP contribution in [0, 0.1) is 0 Å². The van der Waals surface area contributed by atoms with Crippen LogP contribution in [-0.4, -0.2) is 38.5 Å². The molecule has 0 spiro atoms. The molecule has 9 heteroatoms.